The van der Waals surface area contributed by atoms with Gasteiger partial charge in [-0.3, -0.25) is 9.20 Å². The Balaban J connectivity index is 1.68. The number of rotatable bonds is 4. The fraction of sp³-hybridized carbons (Fsp3) is 0.200. The normalized spacial score (nSPS) is 10.9. The summed E-state index contributed by atoms with van der Waals surface area (Å²) < 4.78 is 1.84. The van der Waals surface area contributed by atoms with Crippen LogP contribution >= 0.6 is 23.4 Å². The summed E-state index contributed by atoms with van der Waals surface area (Å²) >= 11 is 7.14. The summed E-state index contributed by atoms with van der Waals surface area (Å²) in [6.45, 7) is 3.80. The average molecular weight is 348 g/mol. The molecule has 3 aromatic rings. The molecule has 3 rings (SSSR count). The van der Waals surface area contributed by atoms with E-state index in [2.05, 4.69) is 20.5 Å². The highest BCUT2D eigenvalue weighted by Crippen LogP contribution is 2.19. The Morgan fingerprint density at radius 3 is 2.74 bits per heavy atom. The van der Waals surface area contributed by atoms with Crippen molar-refractivity contribution in [2.24, 2.45) is 0 Å². The van der Waals surface area contributed by atoms with Crippen molar-refractivity contribution < 1.29 is 4.79 Å². The van der Waals surface area contributed by atoms with Crippen molar-refractivity contribution in [2.75, 3.05) is 11.1 Å². The minimum absolute atomic E-state index is 0.119. The molecular weight excluding hydrogens is 334 g/mol. The van der Waals surface area contributed by atoms with Crippen LogP contribution in [0.1, 0.15) is 11.5 Å². The largest absolute Gasteiger partial charge is 0.325 e. The van der Waals surface area contributed by atoms with Crippen molar-refractivity contribution in [3.8, 4) is 0 Å². The first-order valence-electron chi connectivity index (χ1n) is 6.90. The van der Waals surface area contributed by atoms with Crippen molar-refractivity contribution in [2.45, 2.75) is 19.0 Å². The molecule has 0 radical (unpaired) electrons. The number of thioether (sulfide) groups is 1. The van der Waals surface area contributed by atoms with Gasteiger partial charge in [0.1, 0.15) is 5.82 Å². The number of hydrogen-bond acceptors (Lipinski definition) is 5. The van der Waals surface area contributed by atoms with Gasteiger partial charge in [-0.15, -0.1) is 10.2 Å². The van der Waals surface area contributed by atoms with Gasteiger partial charge < -0.3 is 5.32 Å². The molecule has 0 saturated carbocycles. The van der Waals surface area contributed by atoms with Gasteiger partial charge in [0.25, 0.3) is 0 Å². The van der Waals surface area contributed by atoms with E-state index in [1.165, 1.54) is 11.8 Å². The maximum Gasteiger partial charge on any atom is 0.234 e. The van der Waals surface area contributed by atoms with E-state index in [1.807, 2.05) is 24.3 Å². The molecule has 0 atom stereocenters. The molecule has 0 bridgehead atoms. The number of carbonyl (C=O) groups is 1. The van der Waals surface area contributed by atoms with Crippen LogP contribution in [0.5, 0.6) is 0 Å². The summed E-state index contributed by atoms with van der Waals surface area (Å²) in [4.78, 5) is 16.4. The van der Waals surface area contributed by atoms with E-state index in [9.17, 15) is 4.79 Å². The van der Waals surface area contributed by atoms with Crippen LogP contribution in [-0.4, -0.2) is 31.2 Å². The van der Waals surface area contributed by atoms with Crippen LogP contribution in [0.4, 0.5) is 5.69 Å². The number of amides is 1. The fourth-order valence-electron chi connectivity index (χ4n) is 2.16. The Morgan fingerprint density at radius 1 is 1.26 bits per heavy atom. The second kappa shape index (κ2) is 6.55. The summed E-state index contributed by atoms with van der Waals surface area (Å²) in [5.41, 5.74) is 2.33. The van der Waals surface area contributed by atoms with Gasteiger partial charge >= 0.3 is 0 Å². The summed E-state index contributed by atoms with van der Waals surface area (Å²) in [6.07, 6.45) is 0. The second-order valence-electron chi connectivity index (χ2n) is 4.96. The van der Waals surface area contributed by atoms with Crippen LogP contribution in [0, 0.1) is 13.8 Å². The maximum absolute atomic E-state index is 12.0. The van der Waals surface area contributed by atoms with E-state index < -0.39 is 0 Å². The number of hydrogen-bond donors (Lipinski definition) is 1. The van der Waals surface area contributed by atoms with Gasteiger partial charge in [-0.05, 0) is 38.1 Å². The van der Waals surface area contributed by atoms with Gasteiger partial charge in [0, 0.05) is 22.5 Å². The van der Waals surface area contributed by atoms with Gasteiger partial charge in [0.2, 0.25) is 5.91 Å². The van der Waals surface area contributed by atoms with Crippen molar-refractivity contribution in [3.05, 3.63) is 46.9 Å². The SMILES string of the molecule is Cc1cc2nnc(SCC(=O)Nc3ccc(Cl)cc3)n2c(C)n1. The number of aryl methyl sites for hydroxylation is 2. The molecule has 1 N–H and O–H groups in total. The topological polar surface area (TPSA) is 72.2 Å². The van der Waals surface area contributed by atoms with E-state index >= 15 is 0 Å². The molecule has 0 unspecified atom stereocenters. The lowest BCUT2D eigenvalue weighted by molar-refractivity contribution is -0.113. The summed E-state index contributed by atoms with van der Waals surface area (Å²) in [5.74, 6) is 0.911. The Labute approximate surface area is 142 Å². The number of fused-ring (bicyclic) bond motifs is 1. The predicted molar refractivity (Wildman–Crippen MR) is 91.1 cm³/mol. The molecule has 0 aliphatic carbocycles. The summed E-state index contributed by atoms with van der Waals surface area (Å²) in [5, 5.41) is 12.3. The molecule has 118 valence electrons. The van der Waals surface area contributed by atoms with Crippen molar-refractivity contribution in [1.29, 1.82) is 0 Å². The fourth-order valence-corrected chi connectivity index (χ4v) is 3.07. The monoisotopic (exact) mass is 347 g/mol. The third-order valence-corrected chi connectivity index (χ3v) is 4.30. The van der Waals surface area contributed by atoms with Crippen molar-refractivity contribution in [1.82, 2.24) is 19.6 Å². The molecule has 1 aromatic carbocycles. The van der Waals surface area contributed by atoms with Crippen LogP contribution in [-0.2, 0) is 4.79 Å². The van der Waals surface area contributed by atoms with Gasteiger partial charge in [-0.25, -0.2) is 4.98 Å². The number of nitrogens with one attached hydrogen (secondary N) is 1. The first-order chi connectivity index (χ1) is 11.0. The molecule has 23 heavy (non-hydrogen) atoms. The highest BCUT2D eigenvalue weighted by atomic mass is 35.5. The van der Waals surface area contributed by atoms with Crippen molar-refractivity contribution >= 4 is 40.6 Å². The minimum Gasteiger partial charge on any atom is -0.325 e. The number of halogens is 1. The molecular formula is C15H14ClN5OS. The van der Waals surface area contributed by atoms with Crippen LogP contribution in [0.2, 0.25) is 5.02 Å². The molecule has 0 spiro atoms. The lowest BCUT2D eigenvalue weighted by atomic mass is 10.3. The van der Waals surface area contributed by atoms with Crippen molar-refractivity contribution in [3.63, 3.8) is 0 Å². The molecule has 0 aliphatic heterocycles. The zero-order valence-corrected chi connectivity index (χ0v) is 14.1. The number of benzene rings is 1. The lowest BCUT2D eigenvalue weighted by Gasteiger charge is -2.05. The Kier molecular flexibility index (Phi) is 4.49. The smallest absolute Gasteiger partial charge is 0.234 e. The zero-order valence-electron chi connectivity index (χ0n) is 12.6. The van der Waals surface area contributed by atoms with E-state index in [1.54, 1.807) is 24.3 Å². The Hall–Kier alpha value is -2.12. The number of anilines is 1. The molecule has 2 aromatic heterocycles. The Bertz CT molecular complexity index is 862. The minimum atomic E-state index is -0.119. The van der Waals surface area contributed by atoms with Gasteiger partial charge in [-0.2, -0.15) is 0 Å². The van der Waals surface area contributed by atoms with E-state index in [4.69, 9.17) is 11.6 Å². The molecule has 6 nitrogen and oxygen atoms in total. The van der Waals surface area contributed by atoms with Crippen LogP contribution in [0.15, 0.2) is 35.5 Å². The first-order valence-corrected chi connectivity index (χ1v) is 8.27. The average Bonchev–Trinajstić information content (AvgIpc) is 2.91. The first kappa shape index (κ1) is 15.8. The Morgan fingerprint density at radius 2 is 2.00 bits per heavy atom. The standard InChI is InChI=1S/C15H14ClN5OS/c1-9-7-13-19-20-15(21(13)10(2)17-9)23-8-14(22)18-12-5-3-11(16)4-6-12/h3-7H,8H2,1-2H3,(H,18,22). The van der Waals surface area contributed by atoms with E-state index in [-0.39, 0.29) is 11.7 Å². The highest BCUT2D eigenvalue weighted by molar-refractivity contribution is 7.99. The van der Waals surface area contributed by atoms with Gasteiger partial charge in [0.15, 0.2) is 10.8 Å². The van der Waals surface area contributed by atoms with E-state index in [0.717, 1.165) is 17.2 Å². The molecule has 8 heteroatoms. The third-order valence-electron chi connectivity index (χ3n) is 3.12. The quantitative estimate of drug-likeness (QED) is 0.734. The van der Waals surface area contributed by atoms with Crippen LogP contribution < -0.4 is 5.32 Å². The molecule has 2 heterocycles. The number of carbonyl (C=O) groups excluding carboxylic acids is 1. The molecule has 1 amide bonds. The molecule has 0 saturated heterocycles. The third kappa shape index (κ3) is 3.62. The number of aromatic nitrogens is 4. The predicted octanol–water partition coefficient (Wildman–Crippen LogP) is 3.13. The van der Waals surface area contributed by atoms with Crippen LogP contribution in [0.25, 0.3) is 5.65 Å². The van der Waals surface area contributed by atoms with Crippen LogP contribution in [0.3, 0.4) is 0 Å². The highest BCUT2D eigenvalue weighted by Gasteiger charge is 2.12. The summed E-state index contributed by atoms with van der Waals surface area (Å²) in [6, 6.07) is 8.84. The zero-order chi connectivity index (χ0) is 16.4. The number of nitrogens with zero attached hydrogens (tertiary/aromatic N) is 4. The van der Waals surface area contributed by atoms with Gasteiger partial charge in [0.05, 0.1) is 5.75 Å². The lowest BCUT2D eigenvalue weighted by Crippen LogP contribution is -2.14. The van der Waals surface area contributed by atoms with E-state index in [0.29, 0.717) is 15.9 Å². The van der Waals surface area contributed by atoms with Gasteiger partial charge in [-0.1, -0.05) is 23.4 Å². The molecule has 0 aliphatic rings. The summed E-state index contributed by atoms with van der Waals surface area (Å²) in [7, 11) is 0. The molecule has 0 fully saturated rings. The maximum atomic E-state index is 12.0. The second-order valence-corrected chi connectivity index (χ2v) is 6.34.